The van der Waals surface area contributed by atoms with Gasteiger partial charge < -0.3 is 10.4 Å². The molecule has 4 heteroatoms. The van der Waals surface area contributed by atoms with Crippen LogP contribution >= 0.6 is 0 Å². The van der Waals surface area contributed by atoms with E-state index >= 15 is 0 Å². The van der Waals surface area contributed by atoms with E-state index in [4.69, 9.17) is 0 Å². The quantitative estimate of drug-likeness (QED) is 0.737. The smallest absolute Gasteiger partial charge is 0.0947 e. The average molecular weight is 195 g/mol. The number of hydrogen-bond donors (Lipinski definition) is 2. The topological polar surface area (TPSA) is 50.1 Å². The molecule has 0 aliphatic heterocycles. The molecule has 1 aromatic rings. The predicted molar refractivity (Wildman–Crippen MR) is 54.1 cm³/mol. The number of aliphatic hydroxyl groups is 1. The molecule has 4 nitrogen and oxygen atoms in total. The molecule has 1 aromatic heterocycles. The maximum absolute atomic E-state index is 9.88. The molecule has 0 spiro atoms. The number of nitrogens with zero attached hydrogens (tertiary/aromatic N) is 2. The third-order valence-electron chi connectivity index (χ3n) is 2.61. The Morgan fingerprint density at radius 1 is 1.71 bits per heavy atom. The van der Waals surface area contributed by atoms with Gasteiger partial charge in [-0.2, -0.15) is 5.10 Å². The van der Waals surface area contributed by atoms with Crippen LogP contribution in [0.2, 0.25) is 0 Å². The number of aromatic nitrogens is 2. The highest BCUT2D eigenvalue weighted by Gasteiger charge is 2.30. The fourth-order valence-corrected chi connectivity index (χ4v) is 1.76. The van der Waals surface area contributed by atoms with Gasteiger partial charge in [-0.25, -0.2) is 0 Å². The van der Waals surface area contributed by atoms with Crippen molar-refractivity contribution in [1.82, 2.24) is 15.1 Å². The summed E-state index contributed by atoms with van der Waals surface area (Å²) in [5.74, 6) is 0.595. The molecule has 2 N–H and O–H groups in total. The lowest BCUT2D eigenvalue weighted by molar-refractivity contribution is 0.176. The van der Waals surface area contributed by atoms with Gasteiger partial charge in [0.05, 0.1) is 11.8 Å². The number of hydrogen-bond acceptors (Lipinski definition) is 3. The number of nitrogens with one attached hydrogen (secondary N) is 1. The molecule has 14 heavy (non-hydrogen) atoms. The highest BCUT2D eigenvalue weighted by Crippen LogP contribution is 2.41. The molecule has 0 aromatic carbocycles. The summed E-state index contributed by atoms with van der Waals surface area (Å²) in [6.07, 6.45) is 3.94. The molecule has 2 rings (SSSR count). The van der Waals surface area contributed by atoms with Gasteiger partial charge in [-0.3, -0.25) is 4.68 Å². The third kappa shape index (κ3) is 1.81. The van der Waals surface area contributed by atoms with E-state index in [-0.39, 0.29) is 0 Å². The number of likely N-dealkylation sites (N-methyl/N-ethyl adjacent to an activating group) is 1. The van der Waals surface area contributed by atoms with Crippen LogP contribution in [0, 0.1) is 0 Å². The lowest BCUT2D eigenvalue weighted by atomic mass is 10.1. The Balaban J connectivity index is 2.21. The van der Waals surface area contributed by atoms with E-state index in [9.17, 15) is 5.11 Å². The number of aryl methyl sites for hydroxylation is 1. The standard InChI is InChI=1S/C10H17N3O/c1-11-5-9(14)8-6-13(2)12-10(8)7-3-4-7/h6-7,9,11,14H,3-5H2,1-2H3. The van der Waals surface area contributed by atoms with Crippen molar-refractivity contribution in [3.63, 3.8) is 0 Å². The summed E-state index contributed by atoms with van der Waals surface area (Å²) in [7, 11) is 3.75. The minimum absolute atomic E-state index is 0.427. The highest BCUT2D eigenvalue weighted by atomic mass is 16.3. The molecule has 1 unspecified atom stereocenters. The second-order valence-corrected chi connectivity index (χ2v) is 3.99. The van der Waals surface area contributed by atoms with Crippen LogP contribution in [0.25, 0.3) is 0 Å². The van der Waals surface area contributed by atoms with Crippen molar-refractivity contribution < 1.29 is 5.11 Å². The van der Waals surface area contributed by atoms with Gasteiger partial charge in [0.2, 0.25) is 0 Å². The third-order valence-corrected chi connectivity index (χ3v) is 2.61. The number of rotatable bonds is 4. The molecule has 78 valence electrons. The predicted octanol–water partition coefficient (Wildman–Crippen LogP) is 0.550. The second-order valence-electron chi connectivity index (χ2n) is 3.99. The first-order valence-electron chi connectivity index (χ1n) is 5.08. The molecule has 0 amide bonds. The van der Waals surface area contributed by atoms with Gasteiger partial charge in [0.25, 0.3) is 0 Å². The van der Waals surface area contributed by atoms with E-state index in [1.807, 2.05) is 20.3 Å². The first-order chi connectivity index (χ1) is 6.72. The Kier molecular flexibility index (Phi) is 2.56. The van der Waals surface area contributed by atoms with Crippen molar-refractivity contribution in [2.24, 2.45) is 7.05 Å². The summed E-state index contributed by atoms with van der Waals surface area (Å²) in [5.41, 5.74) is 2.08. The first kappa shape index (κ1) is 9.68. The van der Waals surface area contributed by atoms with Gasteiger partial charge in [-0.1, -0.05) is 0 Å². The van der Waals surface area contributed by atoms with Crippen molar-refractivity contribution in [2.75, 3.05) is 13.6 Å². The van der Waals surface area contributed by atoms with Crippen LogP contribution in [0.1, 0.15) is 36.1 Å². The molecule has 1 heterocycles. The molecule has 1 atom stereocenters. The Hall–Kier alpha value is -0.870. The average Bonchev–Trinajstić information content (AvgIpc) is 2.90. The summed E-state index contributed by atoms with van der Waals surface area (Å²) in [5, 5.41) is 17.3. The van der Waals surface area contributed by atoms with E-state index in [1.165, 1.54) is 12.8 Å². The van der Waals surface area contributed by atoms with E-state index in [0.29, 0.717) is 12.5 Å². The molecule has 0 radical (unpaired) electrons. The minimum Gasteiger partial charge on any atom is -0.387 e. The molecule has 0 bridgehead atoms. The summed E-state index contributed by atoms with van der Waals surface area (Å²) in [6, 6.07) is 0. The van der Waals surface area contributed by atoms with E-state index in [2.05, 4.69) is 10.4 Å². The summed E-state index contributed by atoms with van der Waals surface area (Å²) in [4.78, 5) is 0. The molecule has 1 saturated carbocycles. The number of aliphatic hydroxyl groups excluding tert-OH is 1. The maximum atomic E-state index is 9.88. The Bertz CT molecular complexity index is 317. The monoisotopic (exact) mass is 195 g/mol. The molecule has 1 aliphatic carbocycles. The fourth-order valence-electron chi connectivity index (χ4n) is 1.76. The van der Waals surface area contributed by atoms with Crippen LogP contribution in [0.5, 0.6) is 0 Å². The van der Waals surface area contributed by atoms with Gasteiger partial charge in [0.1, 0.15) is 0 Å². The molecular weight excluding hydrogens is 178 g/mol. The van der Waals surface area contributed by atoms with Gasteiger partial charge in [-0.15, -0.1) is 0 Å². The second kappa shape index (κ2) is 3.71. The van der Waals surface area contributed by atoms with E-state index in [1.54, 1.807) is 4.68 Å². The molecule has 0 saturated heterocycles. The van der Waals surface area contributed by atoms with Crippen molar-refractivity contribution in [2.45, 2.75) is 24.9 Å². The van der Waals surface area contributed by atoms with Crippen LogP contribution in [0.15, 0.2) is 6.20 Å². The largest absolute Gasteiger partial charge is 0.387 e. The van der Waals surface area contributed by atoms with Crippen molar-refractivity contribution in [3.05, 3.63) is 17.5 Å². The van der Waals surface area contributed by atoms with Crippen LogP contribution in [-0.2, 0) is 7.05 Å². The van der Waals surface area contributed by atoms with Crippen LogP contribution < -0.4 is 5.32 Å². The Morgan fingerprint density at radius 2 is 2.43 bits per heavy atom. The van der Waals surface area contributed by atoms with Gasteiger partial charge in [0, 0.05) is 31.3 Å². The SMILES string of the molecule is CNCC(O)c1cn(C)nc1C1CC1. The van der Waals surface area contributed by atoms with Crippen LogP contribution in [0.4, 0.5) is 0 Å². The first-order valence-corrected chi connectivity index (χ1v) is 5.08. The lowest BCUT2D eigenvalue weighted by Crippen LogP contribution is -2.17. The molecular formula is C10H17N3O. The van der Waals surface area contributed by atoms with Gasteiger partial charge in [0.15, 0.2) is 0 Å². The van der Waals surface area contributed by atoms with Crippen molar-refractivity contribution >= 4 is 0 Å². The van der Waals surface area contributed by atoms with Gasteiger partial charge >= 0.3 is 0 Å². The van der Waals surface area contributed by atoms with Crippen molar-refractivity contribution in [1.29, 1.82) is 0 Å². The summed E-state index contributed by atoms with van der Waals surface area (Å²) < 4.78 is 1.79. The highest BCUT2D eigenvalue weighted by molar-refractivity contribution is 5.27. The Morgan fingerprint density at radius 3 is 3.00 bits per heavy atom. The summed E-state index contributed by atoms with van der Waals surface area (Å²) >= 11 is 0. The van der Waals surface area contributed by atoms with Crippen molar-refractivity contribution in [3.8, 4) is 0 Å². The Labute approximate surface area is 83.9 Å². The van der Waals surface area contributed by atoms with E-state index in [0.717, 1.165) is 11.3 Å². The molecule has 1 aliphatic rings. The van der Waals surface area contributed by atoms with Crippen LogP contribution in [0.3, 0.4) is 0 Å². The van der Waals surface area contributed by atoms with E-state index < -0.39 is 6.10 Å². The normalized spacial score (nSPS) is 18.5. The summed E-state index contributed by atoms with van der Waals surface area (Å²) in [6.45, 7) is 0.589. The molecule has 1 fully saturated rings. The fraction of sp³-hybridized carbons (Fsp3) is 0.700. The van der Waals surface area contributed by atoms with Gasteiger partial charge in [-0.05, 0) is 19.9 Å². The zero-order chi connectivity index (χ0) is 10.1. The zero-order valence-corrected chi connectivity index (χ0v) is 8.70. The van der Waals surface area contributed by atoms with Crippen LogP contribution in [-0.4, -0.2) is 28.5 Å². The minimum atomic E-state index is -0.427. The maximum Gasteiger partial charge on any atom is 0.0947 e. The lowest BCUT2D eigenvalue weighted by Gasteiger charge is -2.08. The zero-order valence-electron chi connectivity index (χ0n) is 8.70.